The summed E-state index contributed by atoms with van der Waals surface area (Å²) in [5.74, 6) is 6.90. The van der Waals surface area contributed by atoms with Crippen LogP contribution in [0.25, 0.3) is 0 Å². The van der Waals surface area contributed by atoms with Crippen LogP contribution in [-0.4, -0.2) is 65.6 Å². The van der Waals surface area contributed by atoms with E-state index in [4.69, 9.17) is 4.74 Å². The summed E-state index contributed by atoms with van der Waals surface area (Å²) in [6.45, 7) is 0.419. The van der Waals surface area contributed by atoms with Gasteiger partial charge in [0.25, 0.3) is 0 Å². The number of hydrogen-bond acceptors (Lipinski definition) is 4. The molecule has 0 bridgehead atoms. The maximum absolute atomic E-state index is 12.9. The highest BCUT2D eigenvalue weighted by atomic mass is 16.5. The predicted octanol–water partition coefficient (Wildman–Crippen LogP) is 2.84. The Kier molecular flexibility index (Phi) is 6.75. The Morgan fingerprint density at radius 3 is 2.47 bits per heavy atom. The third-order valence-corrected chi connectivity index (χ3v) is 7.02. The molecule has 36 heavy (non-hydrogen) atoms. The molecule has 6 nitrogen and oxygen atoms in total. The van der Waals surface area contributed by atoms with Crippen LogP contribution < -0.4 is 4.74 Å². The van der Waals surface area contributed by atoms with E-state index in [1.54, 1.807) is 16.9 Å². The lowest BCUT2D eigenvalue weighted by atomic mass is 9.73. The van der Waals surface area contributed by atoms with Crippen LogP contribution in [0, 0.1) is 11.8 Å². The van der Waals surface area contributed by atoms with Crippen molar-refractivity contribution >= 4 is 11.8 Å². The van der Waals surface area contributed by atoms with Crippen molar-refractivity contribution in [3.05, 3.63) is 101 Å². The minimum absolute atomic E-state index is 0.0355. The highest BCUT2D eigenvalue weighted by Crippen LogP contribution is 2.43. The summed E-state index contributed by atoms with van der Waals surface area (Å²) in [5.41, 5.74) is 3.71. The highest BCUT2D eigenvalue weighted by molar-refractivity contribution is 5.88. The SMILES string of the molecule is COc1cccc(C#Cc2ccc([C@H]3[C@H]4CN(C(=O)Cc5ccccc5)CC(=O)N4[C@H]3CO)cc2)c1. The monoisotopic (exact) mass is 480 g/mol. The molecule has 2 saturated heterocycles. The fourth-order valence-electron chi connectivity index (χ4n) is 5.21. The van der Waals surface area contributed by atoms with Crippen molar-refractivity contribution in [3.8, 4) is 17.6 Å². The van der Waals surface area contributed by atoms with E-state index in [1.165, 1.54) is 0 Å². The standard InChI is InChI=1S/C30H28N2O4/c1-36-25-9-5-8-23(16-25)11-10-21-12-14-24(15-13-21)30-26-18-31(19-29(35)32(26)27(30)20-33)28(34)17-22-6-3-2-4-7-22/h2-9,12-16,26-27,30,33H,17-20H2,1H3/t26-,27+,30+/m1/s1. The van der Waals surface area contributed by atoms with Crippen LogP contribution in [0.2, 0.25) is 0 Å². The Bertz CT molecular complexity index is 1310. The average molecular weight is 481 g/mol. The predicted molar refractivity (Wildman–Crippen MR) is 136 cm³/mol. The Morgan fingerprint density at radius 2 is 1.75 bits per heavy atom. The van der Waals surface area contributed by atoms with E-state index in [0.29, 0.717) is 6.54 Å². The molecule has 0 unspecified atom stereocenters. The minimum Gasteiger partial charge on any atom is -0.497 e. The second kappa shape index (κ2) is 10.3. The first-order valence-electron chi connectivity index (χ1n) is 12.1. The van der Waals surface area contributed by atoms with Crippen LogP contribution >= 0.6 is 0 Å². The summed E-state index contributed by atoms with van der Waals surface area (Å²) in [7, 11) is 1.63. The minimum atomic E-state index is -0.275. The number of ether oxygens (including phenoxy) is 1. The number of carbonyl (C=O) groups excluding carboxylic acids is 2. The molecule has 0 aliphatic carbocycles. The zero-order chi connectivity index (χ0) is 25.1. The maximum Gasteiger partial charge on any atom is 0.242 e. The van der Waals surface area contributed by atoms with E-state index in [1.807, 2.05) is 78.9 Å². The third-order valence-electron chi connectivity index (χ3n) is 7.02. The summed E-state index contributed by atoms with van der Waals surface area (Å²) >= 11 is 0. The molecular weight excluding hydrogens is 452 g/mol. The number of amides is 2. The lowest BCUT2D eigenvalue weighted by Crippen LogP contribution is -2.73. The molecular formula is C30H28N2O4. The number of benzene rings is 3. The van der Waals surface area contributed by atoms with Crippen LogP contribution in [-0.2, 0) is 16.0 Å². The zero-order valence-electron chi connectivity index (χ0n) is 20.1. The molecule has 2 amide bonds. The van der Waals surface area contributed by atoms with E-state index in [9.17, 15) is 14.7 Å². The lowest BCUT2D eigenvalue weighted by molar-refractivity contribution is -0.166. The number of methoxy groups -OCH3 is 1. The fraction of sp³-hybridized carbons (Fsp3) is 0.267. The van der Waals surface area contributed by atoms with Gasteiger partial charge in [-0.05, 0) is 41.5 Å². The van der Waals surface area contributed by atoms with Crippen molar-refractivity contribution in [3.63, 3.8) is 0 Å². The number of fused-ring (bicyclic) bond motifs is 1. The number of rotatable bonds is 5. The molecule has 1 N–H and O–H groups in total. The first-order chi connectivity index (χ1) is 17.6. The molecule has 3 atom stereocenters. The van der Waals surface area contributed by atoms with Crippen molar-refractivity contribution in [1.82, 2.24) is 9.80 Å². The zero-order valence-corrected chi connectivity index (χ0v) is 20.1. The van der Waals surface area contributed by atoms with Crippen LogP contribution in [0.4, 0.5) is 0 Å². The largest absolute Gasteiger partial charge is 0.497 e. The normalized spacial score (nSPS) is 20.6. The Morgan fingerprint density at radius 1 is 1.00 bits per heavy atom. The summed E-state index contributed by atoms with van der Waals surface area (Å²) in [4.78, 5) is 29.2. The molecule has 2 heterocycles. The van der Waals surface area contributed by atoms with Crippen LogP contribution in [0.3, 0.4) is 0 Å². The van der Waals surface area contributed by atoms with Crippen LogP contribution in [0.5, 0.6) is 5.75 Å². The van der Waals surface area contributed by atoms with Crippen molar-refractivity contribution < 1.29 is 19.4 Å². The molecule has 6 heteroatoms. The molecule has 5 rings (SSSR count). The Hall–Kier alpha value is -4.08. The van der Waals surface area contributed by atoms with E-state index >= 15 is 0 Å². The van der Waals surface area contributed by atoms with Gasteiger partial charge in [0.05, 0.1) is 38.8 Å². The summed E-state index contributed by atoms with van der Waals surface area (Å²) < 4.78 is 5.25. The van der Waals surface area contributed by atoms with Gasteiger partial charge in [-0.2, -0.15) is 0 Å². The number of nitrogens with zero attached hydrogens (tertiary/aromatic N) is 2. The molecule has 0 spiro atoms. The van der Waals surface area contributed by atoms with Crippen LogP contribution in [0.15, 0.2) is 78.9 Å². The number of aliphatic hydroxyl groups excluding tert-OH is 1. The smallest absolute Gasteiger partial charge is 0.242 e. The highest BCUT2D eigenvalue weighted by Gasteiger charge is 2.54. The van der Waals surface area contributed by atoms with Crippen molar-refractivity contribution in [2.24, 2.45) is 0 Å². The molecule has 0 saturated carbocycles. The summed E-state index contributed by atoms with van der Waals surface area (Å²) in [6, 6.07) is 24.7. The molecule has 0 radical (unpaired) electrons. The topological polar surface area (TPSA) is 70.1 Å². The van der Waals surface area contributed by atoms with Gasteiger partial charge in [0.2, 0.25) is 11.8 Å². The van der Waals surface area contributed by atoms with Gasteiger partial charge in [-0.25, -0.2) is 0 Å². The first kappa shape index (κ1) is 23.7. The van der Waals surface area contributed by atoms with Gasteiger partial charge >= 0.3 is 0 Å². The number of hydrogen-bond donors (Lipinski definition) is 1. The van der Waals surface area contributed by atoms with E-state index < -0.39 is 0 Å². The molecule has 2 fully saturated rings. The van der Waals surface area contributed by atoms with Gasteiger partial charge in [0, 0.05) is 23.6 Å². The first-order valence-corrected chi connectivity index (χ1v) is 12.1. The van der Waals surface area contributed by atoms with Gasteiger partial charge in [0.1, 0.15) is 5.75 Å². The second-order valence-electron chi connectivity index (χ2n) is 9.18. The Balaban J connectivity index is 1.30. The fourth-order valence-corrected chi connectivity index (χ4v) is 5.21. The number of piperazine rings is 1. The Labute approximate surface area is 211 Å². The molecule has 2 aliphatic heterocycles. The van der Waals surface area contributed by atoms with Crippen molar-refractivity contribution in [1.29, 1.82) is 0 Å². The number of aliphatic hydroxyl groups is 1. The van der Waals surface area contributed by atoms with E-state index in [0.717, 1.165) is 28.0 Å². The van der Waals surface area contributed by atoms with E-state index in [2.05, 4.69) is 11.8 Å². The maximum atomic E-state index is 12.9. The molecule has 0 aromatic heterocycles. The number of carbonyl (C=O) groups is 2. The third kappa shape index (κ3) is 4.71. The lowest BCUT2D eigenvalue weighted by Gasteiger charge is -2.58. The van der Waals surface area contributed by atoms with Crippen molar-refractivity contribution in [2.75, 3.05) is 26.8 Å². The van der Waals surface area contributed by atoms with Crippen LogP contribution in [0.1, 0.15) is 28.2 Å². The quantitative estimate of drug-likeness (QED) is 0.571. The van der Waals surface area contributed by atoms with Gasteiger partial charge in [-0.15, -0.1) is 0 Å². The summed E-state index contributed by atoms with van der Waals surface area (Å²) in [6.07, 6.45) is 0.273. The molecule has 3 aromatic carbocycles. The molecule has 2 aliphatic rings. The van der Waals surface area contributed by atoms with Gasteiger partial charge in [0.15, 0.2) is 0 Å². The van der Waals surface area contributed by atoms with Gasteiger partial charge in [-0.3, -0.25) is 9.59 Å². The average Bonchev–Trinajstić information content (AvgIpc) is 2.90. The van der Waals surface area contributed by atoms with E-state index in [-0.39, 0.29) is 49.4 Å². The summed E-state index contributed by atoms with van der Waals surface area (Å²) in [5, 5.41) is 10.0. The molecule has 182 valence electrons. The van der Waals surface area contributed by atoms with Gasteiger partial charge in [-0.1, -0.05) is 60.4 Å². The second-order valence-corrected chi connectivity index (χ2v) is 9.18. The molecule has 3 aromatic rings. The van der Waals surface area contributed by atoms with Gasteiger partial charge < -0.3 is 19.6 Å². The van der Waals surface area contributed by atoms with Crippen molar-refractivity contribution in [2.45, 2.75) is 24.4 Å².